The van der Waals surface area contributed by atoms with Gasteiger partial charge in [-0.15, -0.1) is 0 Å². The largest absolute Gasteiger partial charge is 0.481 e. The normalized spacial score (nSPS) is 11.4. The van der Waals surface area contributed by atoms with Crippen LogP contribution in [0.2, 0.25) is 0 Å². The first-order valence-electron chi connectivity index (χ1n) is 7.89. The summed E-state index contributed by atoms with van der Waals surface area (Å²) in [6.07, 6.45) is -1.21. The molecule has 25 heavy (non-hydrogen) atoms. The monoisotopic (exact) mass is 342 g/mol. The van der Waals surface area contributed by atoms with Crippen molar-refractivity contribution in [3.05, 3.63) is 53.6 Å². The molecule has 0 fully saturated rings. The van der Waals surface area contributed by atoms with Crippen LogP contribution in [0.25, 0.3) is 0 Å². The smallest absolute Gasteiger partial charge is 0.411 e. The summed E-state index contributed by atoms with van der Waals surface area (Å²) >= 11 is 0. The van der Waals surface area contributed by atoms with Gasteiger partial charge in [0, 0.05) is 11.4 Å². The molecule has 2 aromatic carbocycles. The average molecular weight is 342 g/mol. The van der Waals surface area contributed by atoms with Gasteiger partial charge in [0.05, 0.1) is 7.11 Å². The third-order valence-corrected chi connectivity index (χ3v) is 3.62. The molecule has 0 bridgehead atoms. The van der Waals surface area contributed by atoms with Crippen LogP contribution in [0.5, 0.6) is 5.75 Å². The topological polar surface area (TPSA) is 76.7 Å². The third-order valence-electron chi connectivity index (χ3n) is 3.62. The van der Waals surface area contributed by atoms with Gasteiger partial charge in [-0.3, -0.25) is 10.1 Å². The molecular formula is C19H22N2O4. The van der Waals surface area contributed by atoms with E-state index in [1.807, 2.05) is 32.0 Å². The second-order valence-corrected chi connectivity index (χ2v) is 5.71. The van der Waals surface area contributed by atoms with Crippen molar-refractivity contribution in [3.8, 4) is 5.75 Å². The van der Waals surface area contributed by atoms with Crippen LogP contribution in [-0.4, -0.2) is 25.2 Å². The Morgan fingerprint density at radius 1 is 1.00 bits per heavy atom. The lowest BCUT2D eigenvalue weighted by Gasteiger charge is -2.16. The number of carbonyl (C=O) groups is 2. The zero-order valence-electron chi connectivity index (χ0n) is 14.8. The number of ether oxygens (including phenoxy) is 2. The van der Waals surface area contributed by atoms with Gasteiger partial charge in [-0.2, -0.15) is 0 Å². The van der Waals surface area contributed by atoms with Crippen molar-refractivity contribution < 1.29 is 19.1 Å². The zero-order chi connectivity index (χ0) is 18.4. The van der Waals surface area contributed by atoms with Crippen molar-refractivity contribution in [1.82, 2.24) is 0 Å². The summed E-state index contributed by atoms with van der Waals surface area (Å²) in [5.74, 6) is 0.296. The minimum Gasteiger partial charge on any atom is -0.481 e. The molecule has 0 aliphatic carbocycles. The summed E-state index contributed by atoms with van der Waals surface area (Å²) in [5.41, 5.74) is 3.41. The van der Waals surface area contributed by atoms with E-state index >= 15 is 0 Å². The highest BCUT2D eigenvalue weighted by Gasteiger charge is 2.16. The molecule has 1 atom stereocenters. The van der Waals surface area contributed by atoms with E-state index in [0.717, 1.165) is 16.8 Å². The number of benzene rings is 2. The second kappa shape index (κ2) is 8.19. The first-order chi connectivity index (χ1) is 11.9. The predicted molar refractivity (Wildman–Crippen MR) is 97.1 cm³/mol. The minimum absolute atomic E-state index is 0.231. The van der Waals surface area contributed by atoms with Gasteiger partial charge in [0.2, 0.25) is 0 Å². The van der Waals surface area contributed by atoms with Gasteiger partial charge in [0.25, 0.3) is 5.91 Å². The van der Waals surface area contributed by atoms with E-state index < -0.39 is 12.2 Å². The summed E-state index contributed by atoms with van der Waals surface area (Å²) in [6.45, 7) is 5.59. The standard InChI is InChI=1S/C19H22N2O4/c1-12-5-6-13(2)17(11-12)21-18(22)14(3)25-16-9-7-15(8-10-16)20-19(23)24-4/h5-11,14H,1-4H3,(H,20,23)(H,21,22)/t14-/m0/s1. The van der Waals surface area contributed by atoms with Crippen molar-refractivity contribution in [2.24, 2.45) is 0 Å². The number of nitrogens with one attached hydrogen (secondary N) is 2. The maximum Gasteiger partial charge on any atom is 0.411 e. The molecule has 0 radical (unpaired) electrons. The number of aryl methyl sites for hydroxylation is 2. The van der Waals surface area contributed by atoms with Crippen molar-refractivity contribution >= 4 is 23.4 Å². The van der Waals surface area contributed by atoms with Gasteiger partial charge in [0.1, 0.15) is 5.75 Å². The van der Waals surface area contributed by atoms with Gasteiger partial charge in [0.15, 0.2) is 6.10 Å². The van der Waals surface area contributed by atoms with Gasteiger partial charge in [-0.1, -0.05) is 12.1 Å². The lowest BCUT2D eigenvalue weighted by molar-refractivity contribution is -0.122. The van der Waals surface area contributed by atoms with Crippen LogP contribution < -0.4 is 15.4 Å². The SMILES string of the molecule is COC(=O)Nc1ccc(O[C@@H](C)C(=O)Nc2cc(C)ccc2C)cc1. The molecule has 0 aliphatic rings. The van der Waals surface area contributed by atoms with E-state index in [0.29, 0.717) is 11.4 Å². The molecule has 2 aromatic rings. The molecule has 6 heteroatoms. The highest BCUT2D eigenvalue weighted by atomic mass is 16.5. The summed E-state index contributed by atoms with van der Waals surface area (Å²) in [6, 6.07) is 12.6. The fourth-order valence-electron chi connectivity index (χ4n) is 2.15. The fraction of sp³-hybridized carbons (Fsp3) is 0.263. The molecule has 0 heterocycles. The molecule has 2 amide bonds. The summed E-state index contributed by atoms with van der Waals surface area (Å²) in [7, 11) is 1.29. The number of hydrogen-bond acceptors (Lipinski definition) is 4. The lowest BCUT2D eigenvalue weighted by atomic mass is 10.1. The molecule has 6 nitrogen and oxygen atoms in total. The van der Waals surface area contributed by atoms with Crippen LogP contribution in [0.3, 0.4) is 0 Å². The number of rotatable bonds is 5. The quantitative estimate of drug-likeness (QED) is 0.864. The van der Waals surface area contributed by atoms with Crippen LogP contribution in [0, 0.1) is 13.8 Å². The van der Waals surface area contributed by atoms with Crippen LogP contribution in [0.4, 0.5) is 16.2 Å². The maximum absolute atomic E-state index is 12.3. The Bertz CT molecular complexity index is 757. The molecule has 132 valence electrons. The Hall–Kier alpha value is -3.02. The fourth-order valence-corrected chi connectivity index (χ4v) is 2.15. The Balaban J connectivity index is 1.96. The van der Waals surface area contributed by atoms with Crippen molar-refractivity contribution in [2.45, 2.75) is 26.9 Å². The molecular weight excluding hydrogens is 320 g/mol. The predicted octanol–water partition coefficient (Wildman–Crippen LogP) is 3.89. The van der Waals surface area contributed by atoms with Crippen LogP contribution >= 0.6 is 0 Å². The lowest BCUT2D eigenvalue weighted by Crippen LogP contribution is -2.30. The van der Waals surface area contributed by atoms with E-state index in [2.05, 4.69) is 15.4 Å². The first-order valence-corrected chi connectivity index (χ1v) is 7.89. The van der Waals surface area contributed by atoms with E-state index in [-0.39, 0.29) is 5.91 Å². The van der Waals surface area contributed by atoms with Gasteiger partial charge in [-0.05, 0) is 62.2 Å². The van der Waals surface area contributed by atoms with Crippen LogP contribution in [-0.2, 0) is 9.53 Å². The van der Waals surface area contributed by atoms with Crippen molar-refractivity contribution in [2.75, 3.05) is 17.7 Å². The van der Waals surface area contributed by atoms with Gasteiger partial charge >= 0.3 is 6.09 Å². The van der Waals surface area contributed by atoms with E-state index in [9.17, 15) is 9.59 Å². The third kappa shape index (κ3) is 5.24. The first kappa shape index (κ1) is 18.3. The highest BCUT2D eigenvalue weighted by Crippen LogP contribution is 2.19. The number of amides is 2. The maximum atomic E-state index is 12.3. The van der Waals surface area contributed by atoms with Crippen LogP contribution in [0.15, 0.2) is 42.5 Å². The molecule has 0 saturated carbocycles. The number of methoxy groups -OCH3 is 1. The van der Waals surface area contributed by atoms with Crippen molar-refractivity contribution in [1.29, 1.82) is 0 Å². The van der Waals surface area contributed by atoms with Crippen molar-refractivity contribution in [3.63, 3.8) is 0 Å². The summed E-state index contributed by atoms with van der Waals surface area (Å²) in [4.78, 5) is 23.5. The molecule has 0 spiro atoms. The zero-order valence-corrected chi connectivity index (χ0v) is 14.8. The Labute approximate surface area is 147 Å². The van der Waals surface area contributed by atoms with Gasteiger partial charge in [-0.25, -0.2) is 4.79 Å². The molecule has 2 rings (SSSR count). The van der Waals surface area contributed by atoms with Gasteiger partial charge < -0.3 is 14.8 Å². The Morgan fingerprint density at radius 2 is 1.68 bits per heavy atom. The summed E-state index contributed by atoms with van der Waals surface area (Å²) < 4.78 is 10.2. The highest BCUT2D eigenvalue weighted by molar-refractivity contribution is 5.94. The molecule has 2 N–H and O–H groups in total. The number of carbonyl (C=O) groups excluding carboxylic acids is 2. The molecule has 0 unspecified atom stereocenters. The van der Waals surface area contributed by atoms with E-state index in [1.165, 1.54) is 7.11 Å². The van der Waals surface area contributed by atoms with E-state index in [1.54, 1.807) is 31.2 Å². The molecule has 0 saturated heterocycles. The number of hydrogen-bond donors (Lipinski definition) is 2. The molecule has 0 aliphatic heterocycles. The van der Waals surface area contributed by atoms with Crippen LogP contribution in [0.1, 0.15) is 18.1 Å². The average Bonchev–Trinajstić information content (AvgIpc) is 2.59. The second-order valence-electron chi connectivity index (χ2n) is 5.71. The summed E-state index contributed by atoms with van der Waals surface area (Å²) in [5, 5.41) is 5.42. The minimum atomic E-state index is -0.667. The number of anilines is 2. The Morgan fingerprint density at radius 3 is 2.32 bits per heavy atom. The molecule has 0 aromatic heterocycles. The Kier molecular flexibility index (Phi) is 6.00. The van der Waals surface area contributed by atoms with E-state index in [4.69, 9.17) is 4.74 Å².